The van der Waals surface area contributed by atoms with Crippen LogP contribution in [0.25, 0.3) is 0 Å². The molecule has 0 aliphatic carbocycles. The molecule has 1 aromatic heterocycles. The number of nitrogens with zero attached hydrogens (tertiary/aromatic N) is 1. The fourth-order valence-electron chi connectivity index (χ4n) is 2.27. The van der Waals surface area contributed by atoms with Crippen molar-refractivity contribution >= 4 is 5.91 Å². The van der Waals surface area contributed by atoms with Gasteiger partial charge in [-0.1, -0.05) is 0 Å². The van der Waals surface area contributed by atoms with Crippen molar-refractivity contribution in [2.24, 2.45) is 0 Å². The van der Waals surface area contributed by atoms with Gasteiger partial charge in [0.15, 0.2) is 11.5 Å². The number of nitrogens with one attached hydrogen (secondary N) is 2. The number of methoxy groups -OCH3 is 3. The Hall–Kier alpha value is -3.03. The number of aromatic nitrogens is 2. The molecule has 0 unspecified atom stereocenters. The molecule has 0 radical (unpaired) electrons. The summed E-state index contributed by atoms with van der Waals surface area (Å²) in [7, 11) is 4.44. The molecule has 134 valence electrons. The SMILES string of the molecule is COc1cc(C(=O)NCc2nc(C)c(C)c(=O)[nH]2)cc(OC)c1OC. The van der Waals surface area contributed by atoms with Crippen molar-refractivity contribution < 1.29 is 19.0 Å². The number of carbonyl (C=O) groups is 1. The van der Waals surface area contributed by atoms with Crippen LogP contribution >= 0.6 is 0 Å². The maximum absolute atomic E-state index is 12.4. The molecule has 1 aromatic carbocycles. The fourth-order valence-corrected chi connectivity index (χ4v) is 2.27. The molecule has 2 N–H and O–H groups in total. The Bertz CT molecular complexity index is 820. The van der Waals surface area contributed by atoms with E-state index < -0.39 is 0 Å². The van der Waals surface area contributed by atoms with Crippen molar-refractivity contribution in [1.82, 2.24) is 15.3 Å². The number of H-pyrrole nitrogens is 1. The number of aryl methyl sites for hydroxylation is 1. The third-order valence-corrected chi connectivity index (χ3v) is 3.79. The Morgan fingerprint density at radius 1 is 1.12 bits per heavy atom. The van der Waals surface area contributed by atoms with Crippen LogP contribution in [0.15, 0.2) is 16.9 Å². The molecular formula is C17H21N3O5. The second-order valence-electron chi connectivity index (χ2n) is 5.32. The number of carbonyl (C=O) groups excluding carboxylic acids is 1. The van der Waals surface area contributed by atoms with Crippen molar-refractivity contribution in [2.45, 2.75) is 20.4 Å². The molecule has 25 heavy (non-hydrogen) atoms. The number of benzene rings is 1. The Morgan fingerprint density at radius 3 is 2.20 bits per heavy atom. The number of aromatic amines is 1. The monoisotopic (exact) mass is 347 g/mol. The van der Waals surface area contributed by atoms with Crippen LogP contribution in [0.5, 0.6) is 17.2 Å². The highest BCUT2D eigenvalue weighted by molar-refractivity contribution is 5.95. The maximum atomic E-state index is 12.4. The summed E-state index contributed by atoms with van der Waals surface area (Å²) in [6.45, 7) is 3.53. The largest absolute Gasteiger partial charge is 0.493 e. The number of rotatable bonds is 6. The first-order valence-electron chi connectivity index (χ1n) is 7.55. The predicted octanol–water partition coefficient (Wildman–Crippen LogP) is 1.34. The molecule has 0 bridgehead atoms. The van der Waals surface area contributed by atoms with Crippen LogP contribution in [-0.2, 0) is 6.54 Å². The van der Waals surface area contributed by atoms with E-state index in [1.807, 2.05) is 0 Å². The van der Waals surface area contributed by atoms with Crippen molar-refractivity contribution in [3.05, 3.63) is 45.1 Å². The topological polar surface area (TPSA) is 103 Å². The molecule has 0 spiro atoms. The zero-order valence-corrected chi connectivity index (χ0v) is 14.9. The Labute approximate surface area is 145 Å². The molecule has 1 heterocycles. The second-order valence-corrected chi connectivity index (χ2v) is 5.32. The number of amides is 1. The Kier molecular flexibility index (Phi) is 5.63. The molecule has 2 rings (SSSR count). The van der Waals surface area contributed by atoms with Gasteiger partial charge in [0.1, 0.15) is 5.82 Å². The van der Waals surface area contributed by atoms with E-state index in [4.69, 9.17) is 14.2 Å². The van der Waals surface area contributed by atoms with Crippen molar-refractivity contribution in [3.8, 4) is 17.2 Å². The molecule has 0 saturated heterocycles. The van der Waals surface area contributed by atoms with Gasteiger partial charge in [-0.05, 0) is 26.0 Å². The molecule has 0 atom stereocenters. The van der Waals surface area contributed by atoms with E-state index in [9.17, 15) is 9.59 Å². The number of hydrogen-bond donors (Lipinski definition) is 2. The van der Waals surface area contributed by atoms with E-state index in [-0.39, 0.29) is 18.0 Å². The van der Waals surface area contributed by atoms with E-state index in [0.717, 1.165) is 0 Å². The molecular weight excluding hydrogens is 326 g/mol. The van der Waals surface area contributed by atoms with E-state index >= 15 is 0 Å². The fraction of sp³-hybridized carbons (Fsp3) is 0.353. The molecule has 0 aliphatic heterocycles. The van der Waals surface area contributed by atoms with Gasteiger partial charge in [-0.2, -0.15) is 0 Å². The summed E-state index contributed by atoms with van der Waals surface area (Å²) in [5.41, 5.74) is 1.30. The van der Waals surface area contributed by atoms with E-state index in [1.165, 1.54) is 21.3 Å². The highest BCUT2D eigenvalue weighted by Gasteiger charge is 2.17. The highest BCUT2D eigenvalue weighted by Crippen LogP contribution is 2.38. The van der Waals surface area contributed by atoms with Gasteiger partial charge < -0.3 is 24.5 Å². The summed E-state index contributed by atoms with van der Waals surface area (Å²) in [5.74, 6) is 1.19. The van der Waals surface area contributed by atoms with Crippen LogP contribution in [-0.4, -0.2) is 37.2 Å². The standard InChI is InChI=1S/C17H21N3O5/c1-9-10(2)19-14(20-16(9)21)8-18-17(22)11-6-12(23-3)15(25-5)13(7-11)24-4/h6-7H,8H2,1-5H3,(H,18,22)(H,19,20,21). The van der Waals surface area contributed by atoms with Gasteiger partial charge in [0.2, 0.25) is 5.75 Å². The van der Waals surface area contributed by atoms with Gasteiger partial charge in [-0.15, -0.1) is 0 Å². The third-order valence-electron chi connectivity index (χ3n) is 3.79. The molecule has 0 fully saturated rings. The third kappa shape index (κ3) is 3.90. The van der Waals surface area contributed by atoms with Crippen molar-refractivity contribution in [3.63, 3.8) is 0 Å². The Morgan fingerprint density at radius 2 is 1.72 bits per heavy atom. The summed E-state index contributed by atoms with van der Waals surface area (Å²) in [4.78, 5) is 31.1. The number of ether oxygens (including phenoxy) is 3. The smallest absolute Gasteiger partial charge is 0.254 e. The van der Waals surface area contributed by atoms with Crippen LogP contribution in [0, 0.1) is 13.8 Å². The molecule has 8 nitrogen and oxygen atoms in total. The molecule has 8 heteroatoms. The maximum Gasteiger partial charge on any atom is 0.254 e. The first-order chi connectivity index (χ1) is 11.9. The lowest BCUT2D eigenvalue weighted by molar-refractivity contribution is 0.0949. The van der Waals surface area contributed by atoms with Gasteiger partial charge in [0.05, 0.1) is 27.9 Å². The first kappa shape index (κ1) is 18.3. The second kappa shape index (κ2) is 7.69. The van der Waals surface area contributed by atoms with Crippen LogP contribution < -0.4 is 25.1 Å². The van der Waals surface area contributed by atoms with Gasteiger partial charge in [0, 0.05) is 16.8 Å². The van der Waals surface area contributed by atoms with E-state index in [1.54, 1.807) is 26.0 Å². The zero-order chi connectivity index (χ0) is 18.6. The summed E-state index contributed by atoms with van der Waals surface area (Å²) in [5, 5.41) is 2.71. The van der Waals surface area contributed by atoms with Crippen LogP contribution in [0.4, 0.5) is 0 Å². The van der Waals surface area contributed by atoms with Gasteiger partial charge >= 0.3 is 0 Å². The van der Waals surface area contributed by atoms with Gasteiger partial charge in [-0.3, -0.25) is 9.59 Å². The lowest BCUT2D eigenvalue weighted by Gasteiger charge is -2.14. The highest BCUT2D eigenvalue weighted by atomic mass is 16.5. The Balaban J connectivity index is 2.22. The van der Waals surface area contributed by atoms with Crippen LogP contribution in [0.1, 0.15) is 27.4 Å². The van der Waals surface area contributed by atoms with Crippen molar-refractivity contribution in [2.75, 3.05) is 21.3 Å². The number of hydrogen-bond acceptors (Lipinski definition) is 6. The average molecular weight is 347 g/mol. The summed E-state index contributed by atoms with van der Waals surface area (Å²) >= 11 is 0. The van der Waals surface area contributed by atoms with E-state index in [2.05, 4.69) is 15.3 Å². The summed E-state index contributed by atoms with van der Waals surface area (Å²) in [6, 6.07) is 3.10. The lowest BCUT2D eigenvalue weighted by atomic mass is 10.1. The summed E-state index contributed by atoms with van der Waals surface area (Å²) in [6.07, 6.45) is 0. The quantitative estimate of drug-likeness (QED) is 0.817. The molecule has 1 amide bonds. The molecule has 0 saturated carbocycles. The van der Waals surface area contributed by atoms with Crippen LogP contribution in [0.2, 0.25) is 0 Å². The zero-order valence-electron chi connectivity index (χ0n) is 14.9. The van der Waals surface area contributed by atoms with Gasteiger partial charge in [-0.25, -0.2) is 4.98 Å². The molecule has 0 aliphatic rings. The predicted molar refractivity (Wildman–Crippen MR) is 91.6 cm³/mol. The minimum Gasteiger partial charge on any atom is -0.493 e. The average Bonchev–Trinajstić information content (AvgIpc) is 2.62. The van der Waals surface area contributed by atoms with Gasteiger partial charge in [0.25, 0.3) is 11.5 Å². The minimum absolute atomic E-state index is 0.0891. The summed E-state index contributed by atoms with van der Waals surface area (Å²) < 4.78 is 15.7. The normalized spacial score (nSPS) is 10.3. The molecule has 2 aromatic rings. The van der Waals surface area contributed by atoms with Crippen molar-refractivity contribution in [1.29, 1.82) is 0 Å². The first-order valence-corrected chi connectivity index (χ1v) is 7.55. The van der Waals surface area contributed by atoms with Crippen LogP contribution in [0.3, 0.4) is 0 Å². The lowest BCUT2D eigenvalue weighted by Crippen LogP contribution is -2.26. The minimum atomic E-state index is -0.361. The van der Waals surface area contributed by atoms with E-state index in [0.29, 0.717) is 39.9 Å².